The van der Waals surface area contributed by atoms with Crippen LogP contribution >= 0.6 is 0 Å². The third kappa shape index (κ3) is 4.78. The summed E-state index contributed by atoms with van der Waals surface area (Å²) in [4.78, 5) is 26.1. The Hall–Kier alpha value is -2.91. The van der Waals surface area contributed by atoms with Crippen molar-refractivity contribution in [1.29, 1.82) is 0 Å². The molecule has 0 saturated heterocycles. The maximum atomic E-state index is 12.0. The van der Waals surface area contributed by atoms with Crippen molar-refractivity contribution < 1.29 is 9.59 Å². The van der Waals surface area contributed by atoms with Crippen LogP contribution in [-0.4, -0.2) is 62.3 Å². The van der Waals surface area contributed by atoms with Gasteiger partial charge in [-0.15, -0.1) is 5.10 Å². The lowest BCUT2D eigenvalue weighted by Gasteiger charge is -2.09. The second-order valence-corrected chi connectivity index (χ2v) is 5.96. The van der Waals surface area contributed by atoms with Crippen molar-refractivity contribution in [1.82, 2.24) is 35.0 Å². The summed E-state index contributed by atoms with van der Waals surface area (Å²) >= 11 is 0. The molecule has 0 aliphatic heterocycles. The highest BCUT2D eigenvalue weighted by Gasteiger charge is 2.11. The minimum Gasteiger partial charge on any atom is -0.354 e. The molecule has 25 heavy (non-hydrogen) atoms. The van der Waals surface area contributed by atoms with Crippen molar-refractivity contribution in [2.75, 3.05) is 26.0 Å². The Morgan fingerprint density at radius 2 is 1.96 bits per heavy atom. The normalized spacial score (nSPS) is 10.6. The molecule has 2 rings (SSSR count). The fourth-order valence-corrected chi connectivity index (χ4v) is 2.34. The average molecular weight is 348 g/mol. The van der Waals surface area contributed by atoms with Crippen LogP contribution < -0.4 is 10.6 Å². The summed E-state index contributed by atoms with van der Waals surface area (Å²) in [5, 5.41) is 17.8. The molecule has 0 unspecified atom stereocenters. The van der Waals surface area contributed by atoms with Crippen LogP contribution in [0.1, 0.15) is 17.0 Å². The van der Waals surface area contributed by atoms with Gasteiger partial charge in [0.05, 0.1) is 11.9 Å². The standard InChI is InChI=1S/C15H24N8O2/c1-10-12(11(2)22(5)19-10)6-7-16-14(24)9-23-17-8-13(20-23)18-15(25)21(3)4/h8H,6-7,9H2,1-5H3,(H,16,24)(H,18,20,25). The molecule has 0 aromatic carbocycles. The summed E-state index contributed by atoms with van der Waals surface area (Å²) in [5.74, 6) is 0.105. The van der Waals surface area contributed by atoms with Gasteiger partial charge in [0.15, 0.2) is 5.82 Å². The number of amides is 3. The van der Waals surface area contributed by atoms with Crippen LogP contribution in [0.2, 0.25) is 0 Å². The fraction of sp³-hybridized carbons (Fsp3) is 0.533. The number of urea groups is 1. The van der Waals surface area contributed by atoms with E-state index in [0.717, 1.165) is 17.0 Å². The molecule has 10 heteroatoms. The summed E-state index contributed by atoms with van der Waals surface area (Å²) in [5.41, 5.74) is 3.22. The molecule has 0 fully saturated rings. The van der Waals surface area contributed by atoms with E-state index in [1.165, 1.54) is 15.9 Å². The first kappa shape index (κ1) is 18.4. The molecular weight excluding hydrogens is 324 g/mol. The number of anilines is 1. The molecule has 0 atom stereocenters. The highest BCUT2D eigenvalue weighted by molar-refractivity contribution is 5.87. The first-order valence-electron chi connectivity index (χ1n) is 7.92. The Labute approximate surface area is 146 Å². The van der Waals surface area contributed by atoms with Crippen LogP contribution in [0.3, 0.4) is 0 Å². The topological polar surface area (TPSA) is 110 Å². The zero-order chi connectivity index (χ0) is 18.6. The Kier molecular flexibility index (Phi) is 5.73. The predicted molar refractivity (Wildman–Crippen MR) is 92.1 cm³/mol. The number of hydrogen-bond acceptors (Lipinski definition) is 5. The summed E-state index contributed by atoms with van der Waals surface area (Å²) < 4.78 is 1.84. The second kappa shape index (κ2) is 7.77. The van der Waals surface area contributed by atoms with Gasteiger partial charge in [-0.25, -0.2) is 4.79 Å². The smallest absolute Gasteiger partial charge is 0.322 e. The highest BCUT2D eigenvalue weighted by atomic mass is 16.2. The molecule has 2 heterocycles. The van der Waals surface area contributed by atoms with E-state index in [1.807, 2.05) is 25.6 Å². The van der Waals surface area contributed by atoms with E-state index >= 15 is 0 Å². The van der Waals surface area contributed by atoms with Crippen molar-refractivity contribution in [2.45, 2.75) is 26.8 Å². The van der Waals surface area contributed by atoms with Crippen molar-refractivity contribution in [3.05, 3.63) is 23.1 Å². The third-order valence-electron chi connectivity index (χ3n) is 3.82. The number of aryl methyl sites for hydroxylation is 2. The van der Waals surface area contributed by atoms with E-state index in [-0.39, 0.29) is 18.5 Å². The Morgan fingerprint density at radius 1 is 1.24 bits per heavy atom. The minimum absolute atomic E-state index is 0.0111. The highest BCUT2D eigenvalue weighted by Crippen LogP contribution is 2.11. The number of carbonyl (C=O) groups is 2. The summed E-state index contributed by atoms with van der Waals surface area (Å²) in [6.45, 7) is 4.47. The zero-order valence-electron chi connectivity index (χ0n) is 15.2. The van der Waals surface area contributed by atoms with Gasteiger partial charge in [0.1, 0.15) is 6.54 Å². The second-order valence-electron chi connectivity index (χ2n) is 5.96. The van der Waals surface area contributed by atoms with E-state index in [9.17, 15) is 9.59 Å². The maximum absolute atomic E-state index is 12.0. The molecule has 0 spiro atoms. The third-order valence-corrected chi connectivity index (χ3v) is 3.82. The van der Waals surface area contributed by atoms with Crippen LogP contribution in [0.4, 0.5) is 10.6 Å². The molecule has 2 N–H and O–H groups in total. The van der Waals surface area contributed by atoms with E-state index in [4.69, 9.17) is 0 Å². The zero-order valence-corrected chi connectivity index (χ0v) is 15.2. The molecule has 2 aromatic rings. The van der Waals surface area contributed by atoms with Gasteiger partial charge in [-0.3, -0.25) is 14.8 Å². The molecule has 0 radical (unpaired) electrons. The van der Waals surface area contributed by atoms with Gasteiger partial charge in [0.2, 0.25) is 5.91 Å². The number of nitrogens with one attached hydrogen (secondary N) is 2. The number of nitrogens with zero attached hydrogens (tertiary/aromatic N) is 6. The summed E-state index contributed by atoms with van der Waals surface area (Å²) in [7, 11) is 5.15. The average Bonchev–Trinajstić information content (AvgIpc) is 3.06. The Balaban J connectivity index is 1.81. The predicted octanol–water partition coefficient (Wildman–Crippen LogP) is 0.0808. The monoisotopic (exact) mass is 348 g/mol. The molecule has 0 bridgehead atoms. The molecular formula is C15H24N8O2. The SMILES string of the molecule is Cc1nn(C)c(C)c1CCNC(=O)Cn1ncc(NC(=O)N(C)C)n1. The van der Waals surface area contributed by atoms with Gasteiger partial charge in [-0.2, -0.15) is 15.0 Å². The van der Waals surface area contributed by atoms with Crippen LogP contribution in [0.5, 0.6) is 0 Å². The number of aromatic nitrogens is 5. The van der Waals surface area contributed by atoms with Crippen LogP contribution in [0.25, 0.3) is 0 Å². The van der Waals surface area contributed by atoms with Crippen LogP contribution in [-0.2, 0) is 24.8 Å². The number of rotatable bonds is 6. The van der Waals surface area contributed by atoms with Crippen molar-refractivity contribution in [3.8, 4) is 0 Å². The van der Waals surface area contributed by atoms with E-state index in [1.54, 1.807) is 14.1 Å². The van der Waals surface area contributed by atoms with Gasteiger partial charge in [0.25, 0.3) is 0 Å². The molecule has 2 aromatic heterocycles. The van der Waals surface area contributed by atoms with Crippen LogP contribution in [0, 0.1) is 13.8 Å². The first-order valence-corrected chi connectivity index (χ1v) is 7.92. The largest absolute Gasteiger partial charge is 0.354 e. The van der Waals surface area contributed by atoms with Crippen molar-refractivity contribution >= 4 is 17.8 Å². The van der Waals surface area contributed by atoms with Gasteiger partial charge < -0.3 is 10.2 Å². The van der Waals surface area contributed by atoms with E-state index < -0.39 is 0 Å². The molecule has 10 nitrogen and oxygen atoms in total. The quantitative estimate of drug-likeness (QED) is 0.768. The van der Waals surface area contributed by atoms with Gasteiger partial charge >= 0.3 is 6.03 Å². The lowest BCUT2D eigenvalue weighted by atomic mass is 10.1. The van der Waals surface area contributed by atoms with Crippen LogP contribution in [0.15, 0.2) is 6.20 Å². The first-order chi connectivity index (χ1) is 11.8. The lowest BCUT2D eigenvalue weighted by Crippen LogP contribution is -2.30. The van der Waals surface area contributed by atoms with Gasteiger partial charge in [0, 0.05) is 33.4 Å². The van der Waals surface area contributed by atoms with Crippen molar-refractivity contribution in [3.63, 3.8) is 0 Å². The summed E-state index contributed by atoms with van der Waals surface area (Å²) in [6.07, 6.45) is 2.12. The maximum Gasteiger partial charge on any atom is 0.322 e. The number of carbonyl (C=O) groups excluding carboxylic acids is 2. The molecule has 0 aliphatic carbocycles. The minimum atomic E-state index is -0.307. The molecule has 0 aliphatic rings. The Bertz CT molecular complexity index is 762. The lowest BCUT2D eigenvalue weighted by molar-refractivity contribution is -0.122. The summed E-state index contributed by atoms with van der Waals surface area (Å²) in [6, 6.07) is -0.307. The Morgan fingerprint density at radius 3 is 2.56 bits per heavy atom. The van der Waals surface area contributed by atoms with Gasteiger partial charge in [-0.1, -0.05) is 0 Å². The fourth-order valence-electron chi connectivity index (χ4n) is 2.34. The molecule has 3 amide bonds. The van der Waals surface area contributed by atoms with Crippen molar-refractivity contribution in [2.24, 2.45) is 7.05 Å². The molecule has 136 valence electrons. The van der Waals surface area contributed by atoms with Gasteiger partial charge in [-0.05, 0) is 25.8 Å². The van der Waals surface area contributed by atoms with E-state index in [2.05, 4.69) is 25.9 Å². The van der Waals surface area contributed by atoms with E-state index in [0.29, 0.717) is 18.8 Å². The number of hydrogen-bond donors (Lipinski definition) is 2. The molecule has 0 saturated carbocycles.